The van der Waals surface area contributed by atoms with E-state index in [9.17, 15) is 23.9 Å². The zero-order valence-corrected chi connectivity index (χ0v) is 14.7. The molecule has 2 amide bonds. The van der Waals surface area contributed by atoms with Crippen LogP contribution in [0.3, 0.4) is 0 Å². The van der Waals surface area contributed by atoms with Gasteiger partial charge in [-0.05, 0) is 29.9 Å². The van der Waals surface area contributed by atoms with Gasteiger partial charge in [0, 0.05) is 18.6 Å². The predicted octanol–water partition coefficient (Wildman–Crippen LogP) is 1.38. The van der Waals surface area contributed by atoms with Crippen LogP contribution >= 0.6 is 11.8 Å². The van der Waals surface area contributed by atoms with Gasteiger partial charge in [-0.25, -0.2) is 14.2 Å². The van der Waals surface area contributed by atoms with Crippen molar-refractivity contribution in [3.8, 4) is 0 Å². The van der Waals surface area contributed by atoms with Crippen LogP contribution < -0.4 is 5.32 Å². The number of carboxylic acids is 1. The normalized spacial score (nSPS) is 22.9. The minimum atomic E-state index is -1.28. The van der Waals surface area contributed by atoms with Crippen LogP contribution in [0, 0.1) is 5.82 Å². The van der Waals surface area contributed by atoms with Crippen LogP contribution in [0.25, 0.3) is 0 Å². The summed E-state index contributed by atoms with van der Waals surface area (Å²) in [7, 11) is 0. The summed E-state index contributed by atoms with van der Waals surface area (Å²) in [5.41, 5.74) is -0.475. The number of carboxylic acid groups (broad SMARTS) is 1. The third kappa shape index (κ3) is 3.87. The van der Waals surface area contributed by atoms with Gasteiger partial charge < -0.3 is 10.4 Å². The highest BCUT2D eigenvalue weighted by atomic mass is 32.2. The van der Waals surface area contributed by atoms with E-state index in [1.165, 1.54) is 28.9 Å². The molecule has 0 radical (unpaired) electrons. The first-order chi connectivity index (χ1) is 12.4. The van der Waals surface area contributed by atoms with E-state index in [4.69, 9.17) is 0 Å². The molecule has 0 saturated carbocycles. The Morgan fingerprint density at radius 3 is 2.65 bits per heavy atom. The van der Waals surface area contributed by atoms with E-state index in [2.05, 4.69) is 10.4 Å². The van der Waals surface area contributed by atoms with E-state index in [-0.39, 0.29) is 36.8 Å². The number of aliphatic carboxylic acids is 1. The Hall–Kier alpha value is -2.42. The number of hydrogen-bond acceptors (Lipinski definition) is 5. The fourth-order valence-electron chi connectivity index (χ4n) is 2.83. The molecule has 1 unspecified atom stereocenters. The molecular formula is C17H18FN3O4S. The maximum atomic E-state index is 13.0. The van der Waals surface area contributed by atoms with Gasteiger partial charge in [0.2, 0.25) is 5.91 Å². The van der Waals surface area contributed by atoms with E-state index in [1.54, 1.807) is 12.1 Å². The number of nitrogens with one attached hydrogen (secondary N) is 1. The molecule has 26 heavy (non-hydrogen) atoms. The molecule has 0 aromatic heterocycles. The third-order valence-corrected chi connectivity index (χ3v) is 5.59. The fourth-order valence-corrected chi connectivity index (χ4v) is 4.15. The Balaban J connectivity index is 1.74. The number of thioether (sulfide) groups is 1. The average molecular weight is 379 g/mol. The molecular weight excluding hydrogens is 361 g/mol. The largest absolute Gasteiger partial charge is 0.479 e. The second kappa shape index (κ2) is 7.45. The van der Waals surface area contributed by atoms with Crippen molar-refractivity contribution < 1.29 is 23.9 Å². The summed E-state index contributed by atoms with van der Waals surface area (Å²) < 4.78 is 13.0. The maximum absolute atomic E-state index is 13.0. The Kier molecular flexibility index (Phi) is 5.26. The van der Waals surface area contributed by atoms with Crippen molar-refractivity contribution in [2.75, 3.05) is 11.5 Å². The van der Waals surface area contributed by atoms with Crippen LogP contribution in [-0.2, 0) is 20.9 Å². The molecule has 1 fully saturated rings. The van der Waals surface area contributed by atoms with Gasteiger partial charge in [0.25, 0.3) is 5.91 Å². The molecule has 2 aliphatic rings. The first-order valence-corrected chi connectivity index (χ1v) is 9.31. The lowest BCUT2D eigenvalue weighted by Crippen LogP contribution is -2.57. The number of carbonyl (C=O) groups is 3. The summed E-state index contributed by atoms with van der Waals surface area (Å²) in [6, 6.07) is 5.66. The van der Waals surface area contributed by atoms with E-state index < -0.39 is 17.4 Å². The Morgan fingerprint density at radius 2 is 2.04 bits per heavy atom. The van der Waals surface area contributed by atoms with Crippen LogP contribution in [0.5, 0.6) is 0 Å². The van der Waals surface area contributed by atoms with Crippen molar-refractivity contribution >= 4 is 35.3 Å². The Labute approximate surface area is 153 Å². The third-order valence-electron chi connectivity index (χ3n) is 4.40. The fraction of sp³-hybridized carbons (Fsp3) is 0.412. The summed E-state index contributed by atoms with van der Waals surface area (Å²) in [5.74, 6) is -1.28. The van der Waals surface area contributed by atoms with Crippen LogP contribution in [0.2, 0.25) is 0 Å². The minimum Gasteiger partial charge on any atom is -0.479 e. The second-order valence-corrected chi connectivity index (χ2v) is 7.37. The second-order valence-electron chi connectivity index (χ2n) is 6.27. The van der Waals surface area contributed by atoms with Crippen molar-refractivity contribution in [3.05, 3.63) is 35.6 Å². The van der Waals surface area contributed by atoms with Gasteiger partial charge in [0.1, 0.15) is 17.1 Å². The number of benzene rings is 1. The molecule has 0 spiro atoms. The summed E-state index contributed by atoms with van der Waals surface area (Å²) in [5, 5.41) is 17.3. The topological polar surface area (TPSA) is 99.1 Å². The van der Waals surface area contributed by atoms with Crippen molar-refractivity contribution in [2.45, 2.75) is 31.3 Å². The molecule has 1 aromatic carbocycles. The number of halogens is 1. The summed E-state index contributed by atoms with van der Waals surface area (Å²) in [4.78, 5) is 36.1. The molecule has 138 valence electrons. The molecule has 7 nitrogen and oxygen atoms in total. The van der Waals surface area contributed by atoms with Gasteiger partial charge in [0.05, 0.1) is 6.54 Å². The summed E-state index contributed by atoms with van der Waals surface area (Å²) in [6.45, 7) is 0.121. The highest BCUT2D eigenvalue weighted by Gasteiger charge is 2.44. The quantitative estimate of drug-likeness (QED) is 0.805. The number of hydrogen-bond donors (Lipinski definition) is 2. The molecule has 0 bridgehead atoms. The Morgan fingerprint density at radius 1 is 1.31 bits per heavy atom. The van der Waals surface area contributed by atoms with Crippen LogP contribution in [0.1, 0.15) is 24.8 Å². The predicted molar refractivity (Wildman–Crippen MR) is 94.1 cm³/mol. The van der Waals surface area contributed by atoms with Crippen molar-refractivity contribution in [1.29, 1.82) is 0 Å². The summed E-state index contributed by atoms with van der Waals surface area (Å²) >= 11 is 1.47. The van der Waals surface area contributed by atoms with Gasteiger partial charge >= 0.3 is 5.97 Å². The maximum Gasteiger partial charge on any atom is 0.330 e. The zero-order chi connectivity index (χ0) is 18.7. The Bertz CT molecular complexity index is 760. The number of hydrazone groups is 1. The zero-order valence-electron chi connectivity index (χ0n) is 13.9. The van der Waals surface area contributed by atoms with Gasteiger partial charge in [0.15, 0.2) is 0 Å². The van der Waals surface area contributed by atoms with Gasteiger partial charge in [-0.1, -0.05) is 12.1 Å². The average Bonchev–Trinajstić information content (AvgIpc) is 3.08. The van der Waals surface area contributed by atoms with E-state index >= 15 is 0 Å². The van der Waals surface area contributed by atoms with E-state index in [0.29, 0.717) is 23.5 Å². The molecule has 2 N–H and O–H groups in total. The van der Waals surface area contributed by atoms with Crippen LogP contribution in [-0.4, -0.2) is 50.7 Å². The van der Waals surface area contributed by atoms with Gasteiger partial charge in [-0.3, -0.25) is 9.59 Å². The van der Waals surface area contributed by atoms with Gasteiger partial charge in [-0.2, -0.15) is 16.9 Å². The van der Waals surface area contributed by atoms with Crippen molar-refractivity contribution in [3.63, 3.8) is 0 Å². The molecule has 1 atom stereocenters. The SMILES string of the molecule is O=C(NC1(C(=O)O)CCSC1)C1=NN(Cc2ccc(F)cc2)C(=O)CC1. The first kappa shape index (κ1) is 18.4. The van der Waals surface area contributed by atoms with Gasteiger partial charge in [-0.15, -0.1) is 0 Å². The number of carbonyl (C=O) groups excluding carboxylic acids is 2. The highest BCUT2D eigenvalue weighted by molar-refractivity contribution is 7.99. The molecule has 1 aromatic rings. The highest BCUT2D eigenvalue weighted by Crippen LogP contribution is 2.28. The summed E-state index contributed by atoms with van der Waals surface area (Å²) in [6.07, 6.45) is 0.625. The lowest BCUT2D eigenvalue weighted by Gasteiger charge is -2.27. The monoisotopic (exact) mass is 379 g/mol. The number of nitrogens with zero attached hydrogens (tertiary/aromatic N) is 2. The lowest BCUT2D eigenvalue weighted by atomic mass is 9.98. The smallest absolute Gasteiger partial charge is 0.330 e. The molecule has 1 saturated heterocycles. The lowest BCUT2D eigenvalue weighted by molar-refractivity contribution is -0.145. The standard InChI is InChI=1S/C17H18FN3O4S/c18-12-3-1-11(2-4-12)9-21-14(22)6-5-13(20-21)15(23)19-17(16(24)25)7-8-26-10-17/h1-4H,5-10H2,(H,19,23)(H,24,25). The van der Waals surface area contributed by atoms with Crippen molar-refractivity contribution in [1.82, 2.24) is 10.3 Å². The minimum absolute atomic E-state index is 0.113. The molecule has 0 aliphatic carbocycles. The van der Waals surface area contributed by atoms with Crippen LogP contribution in [0.15, 0.2) is 29.4 Å². The molecule has 2 heterocycles. The van der Waals surface area contributed by atoms with Crippen LogP contribution in [0.4, 0.5) is 4.39 Å². The number of rotatable bonds is 5. The first-order valence-electron chi connectivity index (χ1n) is 8.15. The molecule has 9 heteroatoms. The molecule has 2 aliphatic heterocycles. The van der Waals surface area contributed by atoms with Crippen molar-refractivity contribution in [2.24, 2.45) is 5.10 Å². The molecule has 3 rings (SSSR count). The van der Waals surface area contributed by atoms with E-state index in [1.807, 2.05) is 0 Å². The van der Waals surface area contributed by atoms with E-state index in [0.717, 1.165) is 0 Å². The number of amides is 2.